The molecule has 0 aliphatic heterocycles. The zero-order valence-corrected chi connectivity index (χ0v) is 10.4. The number of aldehydes is 1. The maximum atomic E-state index is 13.2. The van der Waals surface area contributed by atoms with Crippen LogP contribution in [0.2, 0.25) is 0 Å². The Balaban J connectivity index is 2.57. The summed E-state index contributed by atoms with van der Waals surface area (Å²) >= 11 is 0. The molecule has 0 aliphatic carbocycles. The average Bonchev–Trinajstić information content (AvgIpc) is 2.70. The third kappa shape index (κ3) is 2.33. The van der Waals surface area contributed by atoms with Gasteiger partial charge < -0.3 is 5.73 Å². The number of rotatable bonds is 4. The van der Waals surface area contributed by atoms with E-state index in [0.29, 0.717) is 18.4 Å². The van der Waals surface area contributed by atoms with E-state index >= 15 is 0 Å². The molecule has 1 aromatic heterocycles. The number of carbonyl (C=O) groups is 1. The fourth-order valence-corrected chi connectivity index (χ4v) is 1.84. The minimum Gasteiger partial charge on any atom is -0.383 e. The highest BCUT2D eigenvalue weighted by atomic mass is 19.2. The number of aryl methyl sites for hydroxylation is 1. The second-order valence-corrected chi connectivity index (χ2v) is 4.12. The van der Waals surface area contributed by atoms with Crippen molar-refractivity contribution < 1.29 is 13.6 Å². The van der Waals surface area contributed by atoms with Crippen molar-refractivity contribution >= 4 is 12.1 Å². The van der Waals surface area contributed by atoms with Gasteiger partial charge >= 0.3 is 0 Å². The fourth-order valence-electron chi connectivity index (χ4n) is 1.84. The van der Waals surface area contributed by atoms with E-state index in [2.05, 4.69) is 5.10 Å². The lowest BCUT2D eigenvalue weighted by Gasteiger charge is -2.00. The number of nitrogen functional groups attached to an aromatic ring is 1. The lowest BCUT2D eigenvalue weighted by molar-refractivity contribution is 0.112. The van der Waals surface area contributed by atoms with Gasteiger partial charge in [0.1, 0.15) is 11.5 Å². The molecule has 0 fully saturated rings. The van der Waals surface area contributed by atoms with E-state index in [0.717, 1.165) is 18.6 Å². The van der Waals surface area contributed by atoms with Gasteiger partial charge in [0.2, 0.25) is 0 Å². The number of anilines is 1. The molecule has 6 heteroatoms. The second-order valence-electron chi connectivity index (χ2n) is 4.12. The van der Waals surface area contributed by atoms with Crippen molar-refractivity contribution in [3.05, 3.63) is 35.4 Å². The average molecular weight is 265 g/mol. The van der Waals surface area contributed by atoms with E-state index < -0.39 is 11.6 Å². The van der Waals surface area contributed by atoms with Gasteiger partial charge in [0.25, 0.3) is 0 Å². The van der Waals surface area contributed by atoms with Crippen molar-refractivity contribution in [3.8, 4) is 11.3 Å². The first kappa shape index (κ1) is 13.2. The molecule has 2 rings (SSSR count). The van der Waals surface area contributed by atoms with E-state index in [1.807, 2.05) is 6.92 Å². The number of nitrogens with zero attached hydrogens (tertiary/aromatic N) is 2. The summed E-state index contributed by atoms with van der Waals surface area (Å²) in [5.41, 5.74) is 6.59. The number of hydrogen-bond acceptors (Lipinski definition) is 3. The van der Waals surface area contributed by atoms with Crippen LogP contribution in [0, 0.1) is 11.6 Å². The summed E-state index contributed by atoms with van der Waals surface area (Å²) in [5.74, 6) is -1.70. The zero-order valence-electron chi connectivity index (χ0n) is 10.4. The smallest absolute Gasteiger partial charge is 0.159 e. The Labute approximate surface area is 108 Å². The van der Waals surface area contributed by atoms with Gasteiger partial charge in [0, 0.05) is 12.1 Å². The zero-order chi connectivity index (χ0) is 14.0. The summed E-state index contributed by atoms with van der Waals surface area (Å²) in [6.07, 6.45) is 1.37. The quantitative estimate of drug-likeness (QED) is 0.864. The Morgan fingerprint density at radius 1 is 1.37 bits per heavy atom. The molecule has 0 spiro atoms. The topological polar surface area (TPSA) is 60.9 Å². The third-order valence-corrected chi connectivity index (χ3v) is 2.78. The van der Waals surface area contributed by atoms with Crippen molar-refractivity contribution in [3.63, 3.8) is 0 Å². The predicted molar refractivity (Wildman–Crippen MR) is 67.7 cm³/mol. The number of halogens is 2. The molecule has 1 heterocycles. The highest BCUT2D eigenvalue weighted by Gasteiger charge is 2.17. The standard InChI is InChI=1S/C13H13F2N3O/c1-2-5-18-13(16)9(7-19)12(17-18)8-3-4-10(14)11(15)6-8/h3-4,6-7H,2,5,16H2,1H3. The van der Waals surface area contributed by atoms with Crippen LogP contribution in [0.4, 0.5) is 14.6 Å². The van der Waals surface area contributed by atoms with Crippen molar-refractivity contribution in [1.82, 2.24) is 9.78 Å². The lowest BCUT2D eigenvalue weighted by Crippen LogP contribution is -2.04. The number of aromatic nitrogens is 2. The number of hydrogen-bond donors (Lipinski definition) is 1. The molecule has 0 saturated carbocycles. The molecule has 4 nitrogen and oxygen atoms in total. The maximum absolute atomic E-state index is 13.2. The van der Waals surface area contributed by atoms with Crippen molar-refractivity contribution in [1.29, 1.82) is 0 Å². The molecule has 0 atom stereocenters. The van der Waals surface area contributed by atoms with Crippen LogP contribution in [0.1, 0.15) is 23.7 Å². The summed E-state index contributed by atoms with van der Waals surface area (Å²) in [5, 5.41) is 4.18. The van der Waals surface area contributed by atoms with Gasteiger partial charge in [-0.1, -0.05) is 6.92 Å². The minimum atomic E-state index is -0.988. The second kappa shape index (κ2) is 5.17. The Morgan fingerprint density at radius 3 is 2.68 bits per heavy atom. The van der Waals surface area contributed by atoms with E-state index in [9.17, 15) is 13.6 Å². The highest BCUT2D eigenvalue weighted by molar-refractivity contribution is 5.91. The fraction of sp³-hybridized carbons (Fsp3) is 0.231. The SMILES string of the molecule is CCCn1nc(-c2ccc(F)c(F)c2)c(C=O)c1N. The van der Waals surface area contributed by atoms with Crippen LogP contribution in [0.5, 0.6) is 0 Å². The van der Waals surface area contributed by atoms with Crippen LogP contribution in [0.3, 0.4) is 0 Å². The molecular formula is C13H13F2N3O. The van der Waals surface area contributed by atoms with E-state index in [1.165, 1.54) is 10.7 Å². The van der Waals surface area contributed by atoms with E-state index in [-0.39, 0.29) is 17.1 Å². The normalized spacial score (nSPS) is 10.7. The molecule has 0 unspecified atom stereocenters. The first-order valence-electron chi connectivity index (χ1n) is 5.85. The summed E-state index contributed by atoms with van der Waals surface area (Å²) < 4.78 is 27.6. The monoisotopic (exact) mass is 265 g/mol. The minimum absolute atomic E-state index is 0.194. The first-order valence-corrected chi connectivity index (χ1v) is 5.85. The third-order valence-electron chi connectivity index (χ3n) is 2.78. The predicted octanol–water partition coefficient (Wildman–Crippen LogP) is 2.63. The van der Waals surface area contributed by atoms with Gasteiger partial charge in [-0.15, -0.1) is 0 Å². The molecule has 100 valence electrons. The Kier molecular flexibility index (Phi) is 3.59. The van der Waals surface area contributed by atoms with Gasteiger partial charge in [-0.05, 0) is 24.6 Å². The Hall–Kier alpha value is -2.24. The molecule has 19 heavy (non-hydrogen) atoms. The van der Waals surface area contributed by atoms with Gasteiger partial charge in [0.05, 0.1) is 5.56 Å². The first-order chi connectivity index (χ1) is 9.08. The number of nitrogens with two attached hydrogens (primary N) is 1. The molecule has 2 N–H and O–H groups in total. The molecule has 1 aromatic carbocycles. The molecule has 0 saturated heterocycles. The van der Waals surface area contributed by atoms with Gasteiger partial charge in [0.15, 0.2) is 17.9 Å². The van der Waals surface area contributed by atoms with Crippen molar-refractivity contribution in [2.24, 2.45) is 0 Å². The van der Waals surface area contributed by atoms with Crippen LogP contribution >= 0.6 is 0 Å². The van der Waals surface area contributed by atoms with Crippen LogP contribution < -0.4 is 5.73 Å². The van der Waals surface area contributed by atoms with Gasteiger partial charge in [-0.3, -0.25) is 4.79 Å². The Bertz CT molecular complexity index is 623. The summed E-state index contributed by atoms with van der Waals surface area (Å²) in [7, 11) is 0. The Morgan fingerprint density at radius 2 is 2.11 bits per heavy atom. The number of carbonyl (C=O) groups excluding carboxylic acids is 1. The summed E-state index contributed by atoms with van der Waals surface area (Å²) in [6.45, 7) is 2.50. The largest absolute Gasteiger partial charge is 0.383 e. The van der Waals surface area contributed by atoms with Crippen molar-refractivity contribution in [2.45, 2.75) is 19.9 Å². The molecule has 0 radical (unpaired) electrons. The van der Waals surface area contributed by atoms with Crippen LogP contribution in [-0.2, 0) is 6.54 Å². The van der Waals surface area contributed by atoms with Gasteiger partial charge in [-0.2, -0.15) is 5.10 Å². The summed E-state index contributed by atoms with van der Waals surface area (Å²) in [6, 6.07) is 3.36. The summed E-state index contributed by atoms with van der Waals surface area (Å²) in [4.78, 5) is 11.1. The molecule has 2 aromatic rings. The molecule has 0 bridgehead atoms. The number of benzene rings is 1. The highest BCUT2D eigenvalue weighted by Crippen LogP contribution is 2.27. The van der Waals surface area contributed by atoms with Gasteiger partial charge in [-0.25, -0.2) is 13.5 Å². The van der Waals surface area contributed by atoms with Crippen LogP contribution in [0.15, 0.2) is 18.2 Å². The maximum Gasteiger partial charge on any atom is 0.159 e. The van der Waals surface area contributed by atoms with E-state index in [4.69, 9.17) is 5.73 Å². The molecular weight excluding hydrogens is 252 g/mol. The van der Waals surface area contributed by atoms with Crippen molar-refractivity contribution in [2.75, 3.05) is 5.73 Å². The van der Waals surface area contributed by atoms with Crippen LogP contribution in [0.25, 0.3) is 11.3 Å². The lowest BCUT2D eigenvalue weighted by atomic mass is 10.1. The molecule has 0 amide bonds. The van der Waals surface area contributed by atoms with Crippen LogP contribution in [-0.4, -0.2) is 16.1 Å². The van der Waals surface area contributed by atoms with E-state index in [1.54, 1.807) is 0 Å². The molecule has 0 aliphatic rings.